The highest BCUT2D eigenvalue weighted by atomic mass is 16.7. The molecule has 0 atom stereocenters. The lowest BCUT2D eigenvalue weighted by Crippen LogP contribution is -2.23. The van der Waals surface area contributed by atoms with Crippen molar-refractivity contribution in [2.45, 2.75) is 51.7 Å². The van der Waals surface area contributed by atoms with Crippen molar-refractivity contribution in [3.63, 3.8) is 0 Å². The molecule has 14 heavy (non-hydrogen) atoms. The number of carbonyl (C=O) groups excluding carboxylic acids is 2. The molecule has 0 spiro atoms. The van der Waals surface area contributed by atoms with Crippen LogP contribution in [0.2, 0.25) is 0 Å². The summed E-state index contributed by atoms with van der Waals surface area (Å²) in [6.07, 6.45) is 2.91. The molecule has 0 bridgehead atoms. The zero-order chi connectivity index (χ0) is 10.4. The van der Waals surface area contributed by atoms with Gasteiger partial charge in [-0.25, -0.2) is 0 Å². The first-order valence-corrected chi connectivity index (χ1v) is 5.11. The number of ether oxygens (including phenoxy) is 2. The van der Waals surface area contributed by atoms with Crippen LogP contribution < -0.4 is 0 Å². The van der Waals surface area contributed by atoms with E-state index in [2.05, 4.69) is 0 Å². The highest BCUT2D eigenvalue weighted by Gasteiger charge is 2.19. The monoisotopic (exact) mass is 200 g/mol. The fraction of sp³-hybridized carbons (Fsp3) is 0.800. The van der Waals surface area contributed by atoms with Crippen molar-refractivity contribution in [1.82, 2.24) is 0 Å². The molecule has 0 aromatic rings. The number of rotatable bonds is 2. The molecule has 0 unspecified atom stereocenters. The summed E-state index contributed by atoms with van der Waals surface area (Å²) in [7, 11) is 0. The fourth-order valence-electron chi connectivity index (χ4n) is 1.33. The van der Waals surface area contributed by atoms with Crippen molar-refractivity contribution >= 4 is 11.9 Å². The standard InChI is InChI=1S/C10H16O4/c1-2-5-10-13-8(11)6-3-4-7-9(12)14-10/h10H,2-7H2,1H3. The first kappa shape index (κ1) is 11.0. The summed E-state index contributed by atoms with van der Waals surface area (Å²) >= 11 is 0. The maximum absolute atomic E-state index is 11.2. The number of carbonyl (C=O) groups is 2. The van der Waals surface area contributed by atoms with Crippen molar-refractivity contribution in [3.8, 4) is 0 Å². The average Bonchev–Trinajstić information content (AvgIpc) is 2.18. The molecule has 4 heteroatoms. The van der Waals surface area contributed by atoms with Crippen LogP contribution >= 0.6 is 0 Å². The maximum Gasteiger partial charge on any atom is 0.308 e. The minimum absolute atomic E-state index is 0.266. The lowest BCUT2D eigenvalue weighted by molar-refractivity contribution is -0.187. The van der Waals surface area contributed by atoms with Crippen LogP contribution in [0, 0.1) is 0 Å². The van der Waals surface area contributed by atoms with E-state index in [4.69, 9.17) is 9.47 Å². The first-order valence-electron chi connectivity index (χ1n) is 5.11. The Hall–Kier alpha value is -1.06. The maximum atomic E-state index is 11.2. The highest BCUT2D eigenvalue weighted by molar-refractivity contribution is 5.72. The largest absolute Gasteiger partial charge is 0.425 e. The zero-order valence-electron chi connectivity index (χ0n) is 8.45. The molecule has 1 aliphatic rings. The molecule has 1 fully saturated rings. The summed E-state index contributed by atoms with van der Waals surface area (Å²) in [5.41, 5.74) is 0. The summed E-state index contributed by atoms with van der Waals surface area (Å²) < 4.78 is 10.0. The van der Waals surface area contributed by atoms with Crippen LogP contribution in [0.5, 0.6) is 0 Å². The van der Waals surface area contributed by atoms with Gasteiger partial charge in [-0.05, 0) is 19.3 Å². The van der Waals surface area contributed by atoms with E-state index in [1.807, 2.05) is 6.92 Å². The second-order valence-electron chi connectivity index (χ2n) is 3.41. The Morgan fingerprint density at radius 3 is 2.07 bits per heavy atom. The summed E-state index contributed by atoms with van der Waals surface area (Å²) in [6, 6.07) is 0. The molecular weight excluding hydrogens is 184 g/mol. The van der Waals surface area contributed by atoms with Gasteiger partial charge in [-0.3, -0.25) is 9.59 Å². The van der Waals surface area contributed by atoms with E-state index < -0.39 is 6.29 Å². The van der Waals surface area contributed by atoms with Gasteiger partial charge in [0.25, 0.3) is 0 Å². The van der Waals surface area contributed by atoms with E-state index in [9.17, 15) is 9.59 Å². The molecular formula is C10H16O4. The van der Waals surface area contributed by atoms with Gasteiger partial charge in [-0.15, -0.1) is 0 Å². The summed E-state index contributed by atoms with van der Waals surface area (Å²) in [5, 5.41) is 0. The Morgan fingerprint density at radius 2 is 1.64 bits per heavy atom. The van der Waals surface area contributed by atoms with Gasteiger partial charge in [0.1, 0.15) is 0 Å². The van der Waals surface area contributed by atoms with Gasteiger partial charge in [0, 0.05) is 19.3 Å². The van der Waals surface area contributed by atoms with E-state index in [0.29, 0.717) is 32.1 Å². The molecule has 4 nitrogen and oxygen atoms in total. The van der Waals surface area contributed by atoms with Crippen LogP contribution in [-0.2, 0) is 19.1 Å². The molecule has 0 amide bonds. The van der Waals surface area contributed by atoms with E-state index in [1.165, 1.54) is 0 Å². The Kier molecular flexibility index (Phi) is 4.43. The first-order chi connectivity index (χ1) is 6.72. The van der Waals surface area contributed by atoms with Gasteiger partial charge in [0.2, 0.25) is 6.29 Å². The lowest BCUT2D eigenvalue weighted by atomic mass is 10.2. The molecule has 1 aliphatic heterocycles. The van der Waals surface area contributed by atoms with E-state index in [0.717, 1.165) is 6.42 Å². The Balaban J connectivity index is 2.51. The topological polar surface area (TPSA) is 52.6 Å². The summed E-state index contributed by atoms with van der Waals surface area (Å²) in [6.45, 7) is 1.95. The van der Waals surface area contributed by atoms with Gasteiger partial charge < -0.3 is 9.47 Å². The SMILES string of the molecule is CCCC1OC(=O)CCCCC(=O)O1. The van der Waals surface area contributed by atoms with Crippen LogP contribution in [0.4, 0.5) is 0 Å². The third kappa shape index (κ3) is 3.77. The second kappa shape index (κ2) is 5.62. The molecule has 1 heterocycles. The Labute approximate surface area is 83.6 Å². The Morgan fingerprint density at radius 1 is 1.14 bits per heavy atom. The summed E-state index contributed by atoms with van der Waals surface area (Å²) in [4.78, 5) is 22.3. The van der Waals surface area contributed by atoms with Gasteiger partial charge >= 0.3 is 11.9 Å². The highest BCUT2D eigenvalue weighted by Crippen LogP contribution is 2.13. The minimum atomic E-state index is -0.668. The Bertz CT molecular complexity index is 192. The smallest absolute Gasteiger partial charge is 0.308 e. The van der Waals surface area contributed by atoms with Crippen molar-refractivity contribution in [1.29, 1.82) is 0 Å². The number of esters is 2. The van der Waals surface area contributed by atoms with Crippen LogP contribution in [0.3, 0.4) is 0 Å². The zero-order valence-corrected chi connectivity index (χ0v) is 8.45. The molecule has 1 saturated heterocycles. The minimum Gasteiger partial charge on any atom is -0.425 e. The number of hydrogen-bond donors (Lipinski definition) is 0. The van der Waals surface area contributed by atoms with Crippen molar-refractivity contribution in [2.75, 3.05) is 0 Å². The molecule has 0 aromatic heterocycles. The fourth-order valence-corrected chi connectivity index (χ4v) is 1.33. The van der Waals surface area contributed by atoms with Crippen LogP contribution in [0.1, 0.15) is 45.4 Å². The molecule has 0 aromatic carbocycles. The van der Waals surface area contributed by atoms with E-state index >= 15 is 0 Å². The van der Waals surface area contributed by atoms with Crippen molar-refractivity contribution in [3.05, 3.63) is 0 Å². The van der Waals surface area contributed by atoms with Gasteiger partial charge in [-0.1, -0.05) is 6.92 Å². The van der Waals surface area contributed by atoms with E-state index in [1.54, 1.807) is 0 Å². The molecule has 1 rings (SSSR count). The van der Waals surface area contributed by atoms with Crippen LogP contribution in [0.25, 0.3) is 0 Å². The van der Waals surface area contributed by atoms with Crippen molar-refractivity contribution in [2.24, 2.45) is 0 Å². The van der Waals surface area contributed by atoms with Gasteiger partial charge in [0.05, 0.1) is 0 Å². The molecule has 0 N–H and O–H groups in total. The predicted molar refractivity (Wildman–Crippen MR) is 49.3 cm³/mol. The van der Waals surface area contributed by atoms with Crippen LogP contribution in [0.15, 0.2) is 0 Å². The van der Waals surface area contributed by atoms with Crippen molar-refractivity contribution < 1.29 is 19.1 Å². The predicted octanol–water partition coefficient (Wildman–Crippen LogP) is 1.77. The number of cyclic esters (lactones) is 2. The molecule has 0 aliphatic carbocycles. The third-order valence-corrected chi connectivity index (χ3v) is 2.06. The number of hydrogen-bond acceptors (Lipinski definition) is 4. The lowest BCUT2D eigenvalue weighted by Gasteiger charge is -2.16. The third-order valence-electron chi connectivity index (χ3n) is 2.06. The normalized spacial score (nSPS) is 20.4. The molecule has 80 valence electrons. The average molecular weight is 200 g/mol. The van der Waals surface area contributed by atoms with E-state index in [-0.39, 0.29) is 11.9 Å². The van der Waals surface area contributed by atoms with Gasteiger partial charge in [0.15, 0.2) is 0 Å². The molecule has 0 saturated carbocycles. The van der Waals surface area contributed by atoms with Gasteiger partial charge in [-0.2, -0.15) is 0 Å². The second-order valence-corrected chi connectivity index (χ2v) is 3.41. The van der Waals surface area contributed by atoms with Crippen LogP contribution in [-0.4, -0.2) is 18.2 Å². The quantitative estimate of drug-likeness (QED) is 0.637. The molecule has 0 radical (unpaired) electrons. The summed E-state index contributed by atoms with van der Waals surface area (Å²) in [5.74, 6) is -0.531.